The van der Waals surface area contributed by atoms with Gasteiger partial charge in [-0.3, -0.25) is 4.79 Å². The van der Waals surface area contributed by atoms with E-state index in [1.54, 1.807) is 6.07 Å². The summed E-state index contributed by atoms with van der Waals surface area (Å²) in [5, 5.41) is 1.68. The van der Waals surface area contributed by atoms with Crippen LogP contribution in [0.1, 0.15) is 33.6 Å². The van der Waals surface area contributed by atoms with Crippen LogP contribution in [0.4, 0.5) is 0 Å². The van der Waals surface area contributed by atoms with Crippen molar-refractivity contribution >= 4 is 34.4 Å². The number of nitrogens with one attached hydrogen (secondary N) is 1. The lowest BCUT2D eigenvalue weighted by Gasteiger charge is -2.27. The first-order chi connectivity index (χ1) is 13.5. The maximum absolute atomic E-state index is 12.7. The fourth-order valence-electron chi connectivity index (χ4n) is 3.73. The third kappa shape index (κ3) is 3.62. The Hall–Kier alpha value is -2.79. The van der Waals surface area contributed by atoms with E-state index in [1.165, 1.54) is 7.11 Å². The molecule has 4 rings (SSSR count). The minimum atomic E-state index is -0.358. The Morgan fingerprint density at radius 3 is 2.71 bits per heavy atom. The highest BCUT2D eigenvalue weighted by atomic mass is 35.5. The molecule has 0 atom stereocenters. The number of amides is 1. The van der Waals surface area contributed by atoms with Gasteiger partial charge in [-0.25, -0.2) is 4.79 Å². The van der Waals surface area contributed by atoms with E-state index in [2.05, 4.69) is 4.98 Å². The summed E-state index contributed by atoms with van der Waals surface area (Å²) in [6.45, 7) is 1.25. The number of halogens is 1. The van der Waals surface area contributed by atoms with E-state index < -0.39 is 0 Å². The molecule has 6 heteroatoms. The lowest BCUT2D eigenvalue weighted by atomic mass is 10.0. The Morgan fingerprint density at radius 1 is 1.18 bits per heavy atom. The second-order valence-corrected chi connectivity index (χ2v) is 7.46. The average molecular weight is 397 g/mol. The minimum Gasteiger partial charge on any atom is -0.465 e. The highest BCUT2D eigenvalue weighted by Crippen LogP contribution is 2.29. The number of rotatable bonds is 4. The molecule has 5 nitrogen and oxygen atoms in total. The number of aromatic amines is 1. The van der Waals surface area contributed by atoms with Gasteiger partial charge in [-0.1, -0.05) is 23.7 Å². The molecule has 1 aliphatic rings. The van der Waals surface area contributed by atoms with Gasteiger partial charge in [0.05, 0.1) is 12.7 Å². The third-order valence-electron chi connectivity index (χ3n) is 5.29. The first kappa shape index (κ1) is 18.6. The van der Waals surface area contributed by atoms with Gasteiger partial charge in [0, 0.05) is 53.1 Å². The molecule has 144 valence electrons. The topological polar surface area (TPSA) is 62.4 Å². The summed E-state index contributed by atoms with van der Waals surface area (Å²) in [5.41, 5.74) is 4.83. The van der Waals surface area contributed by atoms with E-state index in [0.29, 0.717) is 36.5 Å². The number of H-pyrrole nitrogens is 1. The molecule has 28 heavy (non-hydrogen) atoms. The second kappa shape index (κ2) is 7.68. The van der Waals surface area contributed by atoms with Gasteiger partial charge < -0.3 is 14.6 Å². The molecule has 0 fully saturated rings. The van der Waals surface area contributed by atoms with Crippen LogP contribution in [0.2, 0.25) is 5.02 Å². The summed E-state index contributed by atoms with van der Waals surface area (Å²) in [6, 6.07) is 13.1. The van der Waals surface area contributed by atoms with Crippen molar-refractivity contribution in [2.45, 2.75) is 25.8 Å². The Balaban J connectivity index is 1.50. The predicted molar refractivity (Wildman–Crippen MR) is 109 cm³/mol. The second-order valence-electron chi connectivity index (χ2n) is 7.03. The summed E-state index contributed by atoms with van der Waals surface area (Å²) in [5.74, 6) is -0.220. The van der Waals surface area contributed by atoms with Gasteiger partial charge in [-0.05, 0) is 42.3 Å². The zero-order valence-electron chi connectivity index (χ0n) is 15.6. The van der Waals surface area contributed by atoms with Crippen molar-refractivity contribution in [3.8, 4) is 0 Å². The quantitative estimate of drug-likeness (QED) is 0.674. The fourth-order valence-corrected chi connectivity index (χ4v) is 3.86. The van der Waals surface area contributed by atoms with E-state index in [9.17, 15) is 9.59 Å². The Bertz CT molecular complexity index is 1040. The highest BCUT2D eigenvalue weighted by Gasteiger charge is 2.24. The zero-order chi connectivity index (χ0) is 19.7. The van der Waals surface area contributed by atoms with Crippen molar-refractivity contribution in [1.82, 2.24) is 9.88 Å². The molecular formula is C22H21ClN2O3. The van der Waals surface area contributed by atoms with E-state index in [0.717, 1.165) is 34.1 Å². The maximum Gasteiger partial charge on any atom is 0.337 e. The van der Waals surface area contributed by atoms with Crippen LogP contribution in [0.3, 0.4) is 0 Å². The van der Waals surface area contributed by atoms with Gasteiger partial charge in [0.1, 0.15) is 0 Å². The van der Waals surface area contributed by atoms with Gasteiger partial charge in [0.25, 0.3) is 0 Å². The summed E-state index contributed by atoms with van der Waals surface area (Å²) < 4.78 is 4.82. The van der Waals surface area contributed by atoms with E-state index in [4.69, 9.17) is 16.3 Å². The molecule has 0 spiro atoms. The average Bonchev–Trinajstić information content (AvgIpc) is 3.09. The largest absolute Gasteiger partial charge is 0.465 e. The van der Waals surface area contributed by atoms with Gasteiger partial charge in [0.15, 0.2) is 0 Å². The summed E-state index contributed by atoms with van der Waals surface area (Å²) >= 11 is 5.91. The number of hydrogen-bond donors (Lipinski definition) is 1. The Kier molecular flexibility index (Phi) is 5.09. The SMILES string of the molecule is COC(=O)c1ccc2[nH]c3c(c2c1)CN(C(=O)CCc1ccc(Cl)cc1)CC3. The molecule has 0 saturated heterocycles. The number of esters is 1. The zero-order valence-corrected chi connectivity index (χ0v) is 16.4. The number of methoxy groups -OCH3 is 1. The molecule has 1 amide bonds. The number of hydrogen-bond acceptors (Lipinski definition) is 3. The number of benzene rings is 2. The molecule has 1 aromatic heterocycles. The number of aromatic nitrogens is 1. The van der Waals surface area contributed by atoms with Crippen LogP contribution in [0, 0.1) is 0 Å². The minimum absolute atomic E-state index is 0.138. The van der Waals surface area contributed by atoms with Crippen molar-refractivity contribution in [3.63, 3.8) is 0 Å². The van der Waals surface area contributed by atoms with Gasteiger partial charge in [0.2, 0.25) is 5.91 Å². The molecule has 0 saturated carbocycles. The van der Waals surface area contributed by atoms with Crippen LogP contribution in [-0.2, 0) is 28.9 Å². The first-order valence-electron chi connectivity index (χ1n) is 9.29. The van der Waals surface area contributed by atoms with E-state index >= 15 is 0 Å². The molecule has 0 radical (unpaired) electrons. The van der Waals surface area contributed by atoms with Crippen molar-refractivity contribution in [2.24, 2.45) is 0 Å². The Labute approximate surface area is 168 Å². The molecule has 1 N–H and O–H groups in total. The standard InChI is InChI=1S/C22H21ClN2O3/c1-28-22(27)15-5-8-19-17(12-15)18-13-25(11-10-20(18)24-19)21(26)9-4-14-2-6-16(23)7-3-14/h2-3,5-8,12,24H,4,9-11,13H2,1H3. The summed E-state index contributed by atoms with van der Waals surface area (Å²) in [7, 11) is 1.38. The number of fused-ring (bicyclic) bond motifs is 3. The lowest BCUT2D eigenvalue weighted by molar-refractivity contribution is -0.132. The van der Waals surface area contributed by atoms with Gasteiger partial charge >= 0.3 is 5.97 Å². The third-order valence-corrected chi connectivity index (χ3v) is 5.54. The van der Waals surface area contributed by atoms with Crippen LogP contribution in [0.25, 0.3) is 10.9 Å². The van der Waals surface area contributed by atoms with Crippen molar-refractivity contribution in [2.75, 3.05) is 13.7 Å². The van der Waals surface area contributed by atoms with Crippen LogP contribution in [0.15, 0.2) is 42.5 Å². The predicted octanol–water partition coefficient (Wildman–Crippen LogP) is 4.13. The van der Waals surface area contributed by atoms with Crippen molar-refractivity contribution in [3.05, 3.63) is 69.9 Å². The highest BCUT2D eigenvalue weighted by molar-refractivity contribution is 6.30. The van der Waals surface area contributed by atoms with Gasteiger partial charge in [-0.2, -0.15) is 0 Å². The number of nitrogens with zero attached hydrogens (tertiary/aromatic N) is 1. The van der Waals surface area contributed by atoms with Gasteiger partial charge in [-0.15, -0.1) is 0 Å². The molecule has 0 unspecified atom stereocenters. The van der Waals surface area contributed by atoms with Crippen LogP contribution in [0.5, 0.6) is 0 Å². The maximum atomic E-state index is 12.7. The molecule has 0 bridgehead atoms. The molecule has 2 aromatic carbocycles. The molecule has 1 aliphatic heterocycles. The van der Waals surface area contributed by atoms with Crippen molar-refractivity contribution < 1.29 is 14.3 Å². The first-order valence-corrected chi connectivity index (χ1v) is 9.67. The van der Waals surface area contributed by atoms with E-state index in [1.807, 2.05) is 41.3 Å². The smallest absolute Gasteiger partial charge is 0.337 e. The molecule has 2 heterocycles. The number of carbonyl (C=O) groups is 2. The number of aryl methyl sites for hydroxylation is 1. The van der Waals surface area contributed by atoms with E-state index in [-0.39, 0.29) is 11.9 Å². The Morgan fingerprint density at radius 2 is 1.96 bits per heavy atom. The molecule has 0 aliphatic carbocycles. The molecular weight excluding hydrogens is 376 g/mol. The summed E-state index contributed by atoms with van der Waals surface area (Å²) in [6.07, 6.45) is 1.94. The van der Waals surface area contributed by atoms with Crippen LogP contribution in [-0.4, -0.2) is 35.4 Å². The van der Waals surface area contributed by atoms with Crippen LogP contribution >= 0.6 is 11.6 Å². The fraction of sp³-hybridized carbons (Fsp3) is 0.273. The number of carbonyl (C=O) groups excluding carboxylic acids is 2. The number of ether oxygens (including phenoxy) is 1. The normalized spacial score (nSPS) is 13.4. The summed E-state index contributed by atoms with van der Waals surface area (Å²) in [4.78, 5) is 29.9. The van der Waals surface area contributed by atoms with Crippen molar-refractivity contribution in [1.29, 1.82) is 0 Å². The van der Waals surface area contributed by atoms with Crippen LogP contribution < -0.4 is 0 Å². The lowest BCUT2D eigenvalue weighted by Crippen LogP contribution is -2.35. The molecule has 3 aromatic rings. The monoisotopic (exact) mass is 396 g/mol.